The normalized spacial score (nSPS) is 13.8. The summed E-state index contributed by atoms with van der Waals surface area (Å²) in [7, 11) is 0. The van der Waals surface area contributed by atoms with Gasteiger partial charge in [-0.15, -0.1) is 0 Å². The third-order valence-corrected chi connectivity index (χ3v) is 11.8. The van der Waals surface area contributed by atoms with E-state index in [2.05, 4.69) is 37.2 Å². The maximum atomic E-state index is 14.7. The van der Waals surface area contributed by atoms with Crippen molar-refractivity contribution in [2.24, 2.45) is 5.92 Å². The lowest BCUT2D eigenvalue weighted by molar-refractivity contribution is -0.150. The van der Waals surface area contributed by atoms with Crippen molar-refractivity contribution < 1.29 is 71.9 Å². The van der Waals surface area contributed by atoms with Crippen LogP contribution in [0.5, 0.6) is 0 Å². The Morgan fingerprint density at radius 3 is 1.42 bits per heavy atom. The van der Waals surface area contributed by atoms with Crippen molar-refractivity contribution in [3.05, 3.63) is 144 Å². The van der Waals surface area contributed by atoms with E-state index in [-0.39, 0.29) is 45.2 Å². The predicted octanol–water partition coefficient (Wildman–Crippen LogP) is 4.13. The maximum Gasteiger partial charge on any atom is 0.408 e. The van der Waals surface area contributed by atoms with Gasteiger partial charge in [0.25, 0.3) is 0 Å². The Morgan fingerprint density at radius 1 is 0.506 bits per heavy atom. The van der Waals surface area contributed by atoms with E-state index in [4.69, 9.17) is 23.7 Å². The topological polar surface area (TPSA) is 304 Å². The molecule has 0 saturated carbocycles. The molecule has 0 saturated heterocycles. The molecule has 0 aliphatic rings. The number of nitrogens with one attached hydrogen (secondary N) is 7. The molecule has 0 aliphatic heterocycles. The van der Waals surface area contributed by atoms with E-state index in [9.17, 15) is 48.3 Å². The quantitative estimate of drug-likeness (QED) is 0.0311. The second-order valence-electron chi connectivity index (χ2n) is 20.5. The van der Waals surface area contributed by atoms with Gasteiger partial charge in [-0.25, -0.2) is 9.59 Å². The smallest absolute Gasteiger partial charge is 0.408 e. The van der Waals surface area contributed by atoms with Crippen LogP contribution in [0.15, 0.2) is 121 Å². The zero-order valence-electron chi connectivity index (χ0n) is 46.9. The molecule has 4 aromatic carbocycles. The third-order valence-electron chi connectivity index (χ3n) is 11.8. The molecular formula is C59H77N7O15. The molecule has 0 bridgehead atoms. The van der Waals surface area contributed by atoms with Gasteiger partial charge in [0.05, 0.1) is 39.1 Å². The van der Waals surface area contributed by atoms with E-state index in [0.29, 0.717) is 5.56 Å². The Bertz CT molecular complexity index is 2640. The zero-order chi connectivity index (χ0) is 59.3. The molecule has 0 aliphatic carbocycles. The summed E-state index contributed by atoms with van der Waals surface area (Å²) in [6.07, 6.45) is -2.83. The molecule has 4 aromatic rings. The fraction of sp³-hybridized carbons (Fsp3) is 0.441. The first-order valence-electron chi connectivity index (χ1n) is 26.7. The van der Waals surface area contributed by atoms with E-state index < -0.39 is 128 Å². The van der Waals surface area contributed by atoms with Gasteiger partial charge in [-0.1, -0.05) is 135 Å². The van der Waals surface area contributed by atoms with E-state index in [1.807, 2.05) is 18.2 Å². The van der Waals surface area contributed by atoms with Gasteiger partial charge < -0.3 is 66.0 Å². The highest BCUT2D eigenvalue weighted by Crippen LogP contribution is 2.13. The van der Waals surface area contributed by atoms with Gasteiger partial charge >= 0.3 is 18.0 Å². The number of alkyl carbamates (subject to hydrolysis) is 1. The number of carboxylic acids is 1. The number of hydrogen-bond acceptors (Lipinski definition) is 14. The van der Waals surface area contributed by atoms with Crippen molar-refractivity contribution in [3.63, 3.8) is 0 Å². The van der Waals surface area contributed by atoms with Crippen molar-refractivity contribution in [3.8, 4) is 0 Å². The van der Waals surface area contributed by atoms with Crippen LogP contribution in [0, 0.1) is 5.92 Å². The minimum atomic E-state index is -1.58. The number of benzene rings is 4. The average Bonchev–Trinajstić information content (AvgIpc) is 3.45. The van der Waals surface area contributed by atoms with Crippen molar-refractivity contribution in [1.82, 2.24) is 37.2 Å². The molecule has 7 amide bonds. The van der Waals surface area contributed by atoms with Gasteiger partial charge in [0, 0.05) is 6.42 Å². The molecule has 0 spiro atoms. The molecular weight excluding hydrogens is 1050 g/mol. The monoisotopic (exact) mass is 1120 g/mol. The Hall–Kier alpha value is -8.21. The SMILES string of the molecule is CC(C)C[C@H](NC(=O)[C@H](COCc1ccccc1)NC(=O)[C@H](C)NC(=O)CNC(=O)OC(C)(C)C)C(=O)N[C@@H](COCc1ccccc1)C(=O)N[C@H](C(=O)N[C@@H](CCC(=O)O)C(=O)OCc1ccccc1)[C@@H](C)OCc1ccccc1. The van der Waals surface area contributed by atoms with Crippen molar-refractivity contribution in [2.45, 2.75) is 142 Å². The lowest BCUT2D eigenvalue weighted by atomic mass is 10.0. The number of ether oxygens (including phenoxy) is 5. The lowest BCUT2D eigenvalue weighted by Crippen LogP contribution is -2.62. The number of rotatable bonds is 33. The average molecular weight is 1120 g/mol. The van der Waals surface area contributed by atoms with E-state index in [1.165, 1.54) is 13.8 Å². The third kappa shape index (κ3) is 25.6. The van der Waals surface area contributed by atoms with E-state index >= 15 is 0 Å². The fourth-order valence-electron chi connectivity index (χ4n) is 7.63. The minimum absolute atomic E-state index is 0.00695. The maximum absolute atomic E-state index is 14.7. The van der Waals surface area contributed by atoms with Crippen LogP contribution in [0.2, 0.25) is 0 Å². The Morgan fingerprint density at radius 2 is 0.938 bits per heavy atom. The number of carbonyl (C=O) groups is 9. The first-order chi connectivity index (χ1) is 38.6. The number of carbonyl (C=O) groups excluding carboxylic acids is 8. The molecule has 22 heteroatoms. The second kappa shape index (κ2) is 34.0. The summed E-state index contributed by atoms with van der Waals surface area (Å²) in [6, 6.07) is 27.0. The van der Waals surface area contributed by atoms with Crippen molar-refractivity contribution in [2.75, 3.05) is 19.8 Å². The van der Waals surface area contributed by atoms with Gasteiger partial charge in [-0.2, -0.15) is 0 Å². The van der Waals surface area contributed by atoms with Crippen molar-refractivity contribution in [1.29, 1.82) is 0 Å². The van der Waals surface area contributed by atoms with Crippen LogP contribution in [-0.4, -0.2) is 126 Å². The van der Waals surface area contributed by atoms with Crippen LogP contribution in [0.25, 0.3) is 0 Å². The largest absolute Gasteiger partial charge is 0.481 e. The summed E-state index contributed by atoms with van der Waals surface area (Å²) in [5, 5.41) is 27.6. The number of carboxylic acid groups (broad SMARTS) is 1. The van der Waals surface area contributed by atoms with E-state index in [0.717, 1.165) is 16.7 Å². The molecule has 81 heavy (non-hydrogen) atoms. The summed E-state index contributed by atoms with van der Waals surface area (Å²) in [5.74, 6) is -7.53. The Labute approximate surface area is 472 Å². The molecule has 438 valence electrons. The predicted molar refractivity (Wildman–Crippen MR) is 297 cm³/mol. The molecule has 0 aromatic heterocycles. The standard InChI is InChI=1S/C59H77N7O15/c1-38(2)30-46(63-54(72)47(36-77-32-41-20-12-8-13-21-41)64-52(70)39(3)61-49(67)31-60-58(76)81-59(5,6)7)53(71)65-48(37-78-33-42-22-14-9-15-23-42)55(73)66-51(40(4)79-34-43-24-16-10-17-25-43)56(74)62-45(28-29-50(68)69)57(75)80-35-44-26-18-11-19-27-44/h8-27,38-40,45-48,51H,28-37H2,1-7H3,(H,60,76)(H,61,67)(H,62,74)(H,63,72)(H,64,70)(H,65,71)(H,66,73)(H,68,69)/t39-,40+,45-,46-,47-,48-,51-/m0/s1. The Kier molecular flexibility index (Phi) is 27.5. The van der Waals surface area contributed by atoms with Gasteiger partial charge in [-0.3, -0.25) is 33.6 Å². The van der Waals surface area contributed by atoms with Gasteiger partial charge in [-0.05, 0) is 75.6 Å². The first kappa shape index (κ1) is 65.3. The van der Waals surface area contributed by atoms with Crippen LogP contribution in [0.1, 0.15) is 90.0 Å². The highest BCUT2D eigenvalue weighted by molar-refractivity contribution is 5.97. The summed E-state index contributed by atoms with van der Waals surface area (Å²) in [6.45, 7) is 9.90. The zero-order valence-corrected chi connectivity index (χ0v) is 46.9. The van der Waals surface area contributed by atoms with Gasteiger partial charge in [0.2, 0.25) is 35.4 Å². The molecule has 0 heterocycles. The van der Waals surface area contributed by atoms with Crippen molar-refractivity contribution >= 4 is 53.5 Å². The van der Waals surface area contributed by atoms with Crippen LogP contribution < -0.4 is 37.2 Å². The molecule has 4 rings (SSSR count). The number of hydrogen-bond donors (Lipinski definition) is 8. The number of aliphatic carboxylic acids is 1. The minimum Gasteiger partial charge on any atom is -0.481 e. The number of amides is 7. The fourth-order valence-corrected chi connectivity index (χ4v) is 7.63. The molecule has 22 nitrogen and oxygen atoms in total. The molecule has 8 N–H and O–H groups in total. The van der Waals surface area contributed by atoms with Gasteiger partial charge in [0.15, 0.2) is 0 Å². The highest BCUT2D eigenvalue weighted by Gasteiger charge is 2.36. The molecule has 7 atom stereocenters. The van der Waals surface area contributed by atoms with Gasteiger partial charge in [0.1, 0.15) is 55.0 Å². The molecule has 0 radical (unpaired) electrons. The first-order valence-corrected chi connectivity index (χ1v) is 26.7. The second-order valence-corrected chi connectivity index (χ2v) is 20.5. The van der Waals surface area contributed by atoms with Crippen LogP contribution >= 0.6 is 0 Å². The summed E-state index contributed by atoms with van der Waals surface area (Å²) < 4.78 is 28.7. The highest BCUT2D eigenvalue weighted by atomic mass is 16.6. The summed E-state index contributed by atoms with van der Waals surface area (Å²) in [4.78, 5) is 122. The number of esters is 1. The lowest BCUT2D eigenvalue weighted by Gasteiger charge is -2.29. The van der Waals surface area contributed by atoms with E-state index in [1.54, 1.807) is 138 Å². The van der Waals surface area contributed by atoms with Crippen LogP contribution in [0.3, 0.4) is 0 Å². The molecule has 0 fully saturated rings. The molecule has 0 unspecified atom stereocenters. The summed E-state index contributed by atoms with van der Waals surface area (Å²) >= 11 is 0. The van der Waals surface area contributed by atoms with Crippen LogP contribution in [0.4, 0.5) is 4.79 Å². The summed E-state index contributed by atoms with van der Waals surface area (Å²) in [5.41, 5.74) is 2.03. The van der Waals surface area contributed by atoms with Crippen LogP contribution in [-0.2, 0) is 88.5 Å². The Balaban J connectivity index is 1.61.